The molecule has 0 unspecified atom stereocenters. The molecule has 0 saturated carbocycles. The zero-order valence-corrected chi connectivity index (χ0v) is 21.1. The van der Waals surface area contributed by atoms with E-state index in [0.717, 1.165) is 15.7 Å². The van der Waals surface area contributed by atoms with Gasteiger partial charge in [0.1, 0.15) is 6.54 Å². The maximum atomic E-state index is 13.3. The molecular formula is C28H27ClN4O4. The molecule has 0 bridgehead atoms. The topological polar surface area (TPSA) is 102 Å². The normalized spacial score (nSPS) is 10.9. The maximum absolute atomic E-state index is 13.3. The fraction of sp³-hybridized carbons (Fsp3) is 0.214. The van der Waals surface area contributed by atoms with E-state index in [1.54, 1.807) is 42.5 Å². The average Bonchev–Trinajstić information content (AvgIpc) is 2.89. The van der Waals surface area contributed by atoms with Crippen LogP contribution >= 0.6 is 11.6 Å². The Bertz CT molecular complexity index is 1560. The number of nitrogens with one attached hydrogen (secondary N) is 2. The van der Waals surface area contributed by atoms with Gasteiger partial charge in [-0.25, -0.2) is 4.79 Å². The summed E-state index contributed by atoms with van der Waals surface area (Å²) in [7, 11) is 0. The molecule has 1 aromatic heterocycles. The summed E-state index contributed by atoms with van der Waals surface area (Å²) in [5.41, 5.74) is 1.81. The summed E-state index contributed by atoms with van der Waals surface area (Å²) in [5.74, 6) is -0.605. The van der Waals surface area contributed by atoms with Crippen LogP contribution in [0.5, 0.6) is 0 Å². The third-order valence-corrected chi connectivity index (χ3v) is 6.36. The molecule has 4 rings (SSSR count). The lowest BCUT2D eigenvalue weighted by Crippen LogP contribution is -2.42. The molecule has 9 heteroatoms. The van der Waals surface area contributed by atoms with Gasteiger partial charge in [-0.2, -0.15) is 0 Å². The number of nitrogens with zero attached hydrogens (tertiary/aromatic N) is 2. The standard InChI is InChI=1S/C28H27ClN4O4/c1-19-12-14-21(15-13-19)31-26(35)18-33-24-10-5-3-8-22(24)27(36)32(28(33)37)16-6-11-25(34)30-17-20-7-2-4-9-23(20)29/h2-5,7-10,12-15H,6,11,16-18H2,1H3,(H,30,34)(H,31,35). The number of amides is 2. The highest BCUT2D eigenvalue weighted by Crippen LogP contribution is 2.14. The van der Waals surface area contributed by atoms with E-state index in [1.807, 2.05) is 37.3 Å². The number of aryl methyl sites for hydroxylation is 1. The van der Waals surface area contributed by atoms with Crippen molar-refractivity contribution >= 4 is 40.0 Å². The van der Waals surface area contributed by atoms with Crippen LogP contribution in [0.2, 0.25) is 5.02 Å². The fourth-order valence-corrected chi connectivity index (χ4v) is 4.23. The molecule has 0 fully saturated rings. The summed E-state index contributed by atoms with van der Waals surface area (Å²) < 4.78 is 2.38. The summed E-state index contributed by atoms with van der Waals surface area (Å²) in [6, 6.07) is 21.2. The Kier molecular flexibility index (Phi) is 8.20. The summed E-state index contributed by atoms with van der Waals surface area (Å²) in [5, 5.41) is 6.48. The van der Waals surface area contributed by atoms with Gasteiger partial charge in [0.25, 0.3) is 5.56 Å². The Hall–Kier alpha value is -4.17. The first-order valence-electron chi connectivity index (χ1n) is 11.9. The molecule has 37 heavy (non-hydrogen) atoms. The third-order valence-electron chi connectivity index (χ3n) is 5.99. The van der Waals surface area contributed by atoms with Gasteiger partial charge >= 0.3 is 5.69 Å². The lowest BCUT2D eigenvalue weighted by Gasteiger charge is -2.14. The van der Waals surface area contributed by atoms with Crippen molar-refractivity contribution in [3.8, 4) is 0 Å². The lowest BCUT2D eigenvalue weighted by atomic mass is 10.2. The first-order chi connectivity index (χ1) is 17.8. The number of halogens is 1. The van der Waals surface area contributed by atoms with Gasteiger partial charge in [0.05, 0.1) is 10.9 Å². The molecule has 0 radical (unpaired) electrons. The van der Waals surface area contributed by atoms with E-state index >= 15 is 0 Å². The third kappa shape index (κ3) is 6.34. The number of anilines is 1. The highest BCUT2D eigenvalue weighted by molar-refractivity contribution is 6.31. The Morgan fingerprint density at radius 2 is 1.57 bits per heavy atom. The van der Waals surface area contributed by atoms with E-state index in [9.17, 15) is 19.2 Å². The van der Waals surface area contributed by atoms with Gasteiger partial charge in [0, 0.05) is 30.2 Å². The first kappa shape index (κ1) is 25.9. The molecule has 0 aliphatic rings. The monoisotopic (exact) mass is 518 g/mol. The minimum absolute atomic E-state index is 0.0432. The van der Waals surface area contributed by atoms with Gasteiger partial charge in [-0.15, -0.1) is 0 Å². The second kappa shape index (κ2) is 11.7. The predicted molar refractivity (Wildman–Crippen MR) is 145 cm³/mol. The van der Waals surface area contributed by atoms with Crippen molar-refractivity contribution in [2.24, 2.45) is 0 Å². The molecule has 2 N–H and O–H groups in total. The van der Waals surface area contributed by atoms with Crippen molar-refractivity contribution in [2.75, 3.05) is 5.32 Å². The number of aromatic nitrogens is 2. The van der Waals surface area contributed by atoms with Crippen LogP contribution in [-0.2, 0) is 29.2 Å². The number of para-hydroxylation sites is 1. The Morgan fingerprint density at radius 1 is 0.865 bits per heavy atom. The Morgan fingerprint density at radius 3 is 2.32 bits per heavy atom. The van der Waals surface area contributed by atoms with Crippen LogP contribution in [0.3, 0.4) is 0 Å². The van der Waals surface area contributed by atoms with E-state index in [4.69, 9.17) is 11.6 Å². The second-order valence-electron chi connectivity index (χ2n) is 8.73. The van der Waals surface area contributed by atoms with Gasteiger partial charge in [-0.3, -0.25) is 23.5 Å². The second-order valence-corrected chi connectivity index (χ2v) is 9.14. The molecule has 2 amide bonds. The van der Waals surface area contributed by atoms with Crippen LogP contribution in [0.25, 0.3) is 10.9 Å². The van der Waals surface area contributed by atoms with Crippen LogP contribution < -0.4 is 21.9 Å². The molecule has 0 aliphatic heterocycles. The quantitative estimate of drug-likeness (QED) is 0.351. The molecule has 1 heterocycles. The van der Waals surface area contributed by atoms with Crippen molar-refractivity contribution in [1.82, 2.24) is 14.5 Å². The number of carbonyl (C=O) groups is 2. The lowest BCUT2D eigenvalue weighted by molar-refractivity contribution is -0.121. The molecule has 0 aliphatic carbocycles. The van der Waals surface area contributed by atoms with Crippen molar-refractivity contribution in [2.45, 2.75) is 39.4 Å². The van der Waals surface area contributed by atoms with E-state index in [-0.39, 0.29) is 44.3 Å². The van der Waals surface area contributed by atoms with Crippen molar-refractivity contribution in [3.05, 3.63) is 110 Å². The van der Waals surface area contributed by atoms with Crippen molar-refractivity contribution in [1.29, 1.82) is 0 Å². The van der Waals surface area contributed by atoms with Gasteiger partial charge < -0.3 is 10.6 Å². The molecular weight excluding hydrogens is 492 g/mol. The molecule has 3 aromatic carbocycles. The molecule has 0 spiro atoms. The number of benzene rings is 3. The van der Waals surface area contributed by atoms with Crippen molar-refractivity contribution in [3.63, 3.8) is 0 Å². The zero-order valence-electron chi connectivity index (χ0n) is 20.4. The minimum Gasteiger partial charge on any atom is -0.352 e. The Labute approximate surface area is 218 Å². The smallest absolute Gasteiger partial charge is 0.331 e. The molecule has 0 saturated heterocycles. The number of hydrogen-bond acceptors (Lipinski definition) is 4. The number of rotatable bonds is 9. The van der Waals surface area contributed by atoms with E-state index in [1.165, 1.54) is 4.57 Å². The Balaban J connectivity index is 1.48. The molecule has 4 aromatic rings. The molecule has 0 atom stereocenters. The van der Waals surface area contributed by atoms with E-state index < -0.39 is 11.2 Å². The SMILES string of the molecule is Cc1ccc(NC(=O)Cn2c(=O)n(CCCC(=O)NCc3ccccc3Cl)c(=O)c3ccccc32)cc1. The van der Waals surface area contributed by atoms with E-state index in [0.29, 0.717) is 21.6 Å². The summed E-state index contributed by atoms with van der Waals surface area (Å²) >= 11 is 6.12. The molecule has 190 valence electrons. The largest absolute Gasteiger partial charge is 0.352 e. The maximum Gasteiger partial charge on any atom is 0.331 e. The van der Waals surface area contributed by atoms with Crippen LogP contribution in [-0.4, -0.2) is 20.9 Å². The fourth-order valence-electron chi connectivity index (χ4n) is 4.02. The summed E-state index contributed by atoms with van der Waals surface area (Å²) in [6.07, 6.45) is 0.397. The first-order valence-corrected chi connectivity index (χ1v) is 12.3. The minimum atomic E-state index is -0.598. The van der Waals surface area contributed by atoms with Crippen LogP contribution in [0, 0.1) is 6.92 Å². The molecule has 8 nitrogen and oxygen atoms in total. The van der Waals surface area contributed by atoms with Crippen LogP contribution in [0.4, 0.5) is 5.69 Å². The van der Waals surface area contributed by atoms with Crippen molar-refractivity contribution < 1.29 is 9.59 Å². The highest BCUT2D eigenvalue weighted by atomic mass is 35.5. The van der Waals surface area contributed by atoms with Gasteiger partial charge in [0.2, 0.25) is 11.8 Å². The van der Waals surface area contributed by atoms with Crippen LogP contribution in [0.15, 0.2) is 82.4 Å². The number of fused-ring (bicyclic) bond motifs is 1. The summed E-state index contributed by atoms with van der Waals surface area (Å²) in [6.45, 7) is 2.02. The highest BCUT2D eigenvalue weighted by Gasteiger charge is 2.16. The summed E-state index contributed by atoms with van der Waals surface area (Å²) in [4.78, 5) is 51.4. The van der Waals surface area contributed by atoms with E-state index in [2.05, 4.69) is 10.6 Å². The van der Waals surface area contributed by atoms with Gasteiger partial charge in [0.15, 0.2) is 0 Å². The average molecular weight is 519 g/mol. The zero-order chi connectivity index (χ0) is 26.4. The van der Waals surface area contributed by atoms with Crippen LogP contribution in [0.1, 0.15) is 24.0 Å². The predicted octanol–water partition coefficient (Wildman–Crippen LogP) is 3.86. The number of hydrogen-bond donors (Lipinski definition) is 2. The van der Waals surface area contributed by atoms with Gasteiger partial charge in [-0.05, 0) is 49.2 Å². The van der Waals surface area contributed by atoms with Gasteiger partial charge in [-0.1, -0.05) is 59.6 Å². The number of carbonyl (C=O) groups excluding carboxylic acids is 2.